The van der Waals surface area contributed by atoms with E-state index in [-0.39, 0.29) is 24.5 Å². The molecule has 0 fully saturated rings. The molecule has 0 aliphatic carbocycles. The van der Waals surface area contributed by atoms with Crippen LogP contribution in [0.2, 0.25) is 0 Å². The van der Waals surface area contributed by atoms with E-state index in [4.69, 9.17) is 4.84 Å². The molecule has 0 bridgehead atoms. The summed E-state index contributed by atoms with van der Waals surface area (Å²) in [5.41, 5.74) is 6.74. The minimum absolute atomic E-state index is 0.0185. The lowest BCUT2D eigenvalue weighted by Gasteiger charge is -2.15. The number of nitrogens with one attached hydrogen (secondary N) is 5. The van der Waals surface area contributed by atoms with Gasteiger partial charge in [-0.2, -0.15) is 35.6 Å². The van der Waals surface area contributed by atoms with Crippen LogP contribution in [-0.4, -0.2) is 47.8 Å². The molecule has 2 heterocycles. The fraction of sp³-hybridized carbons (Fsp3) is 0.231. The van der Waals surface area contributed by atoms with Gasteiger partial charge in [0.05, 0.1) is 16.9 Å². The lowest BCUT2D eigenvalue weighted by atomic mass is 10.1. The average molecular weight is 592 g/mol. The molecule has 3 amide bonds. The first-order chi connectivity index (χ1) is 19.8. The summed E-state index contributed by atoms with van der Waals surface area (Å²) >= 11 is 1.61. The summed E-state index contributed by atoms with van der Waals surface area (Å²) < 4.78 is 41.9. The molecule has 1 aromatic carbocycles. The molecule has 3 rings (SSSR count). The first-order valence-corrected chi connectivity index (χ1v) is 13.3. The van der Waals surface area contributed by atoms with Crippen LogP contribution in [-0.2, 0) is 27.1 Å². The van der Waals surface area contributed by atoms with Gasteiger partial charge < -0.3 is 20.5 Å². The van der Waals surface area contributed by atoms with Crippen molar-refractivity contribution in [2.75, 3.05) is 35.3 Å². The van der Waals surface area contributed by atoms with Crippen molar-refractivity contribution in [3.8, 4) is 0 Å². The second-order valence-electron chi connectivity index (χ2n) is 8.24. The van der Waals surface area contributed by atoms with Gasteiger partial charge in [-0.15, -0.1) is 11.6 Å². The monoisotopic (exact) mass is 591 g/mol. The van der Waals surface area contributed by atoms with E-state index in [1.807, 2.05) is 6.07 Å². The smallest absolute Gasteiger partial charge is 0.351 e. The van der Waals surface area contributed by atoms with Gasteiger partial charge in [-0.3, -0.25) is 25.2 Å². The molecule has 15 heteroatoms. The summed E-state index contributed by atoms with van der Waals surface area (Å²) in [4.78, 5) is 44.6. The molecule has 0 aliphatic heterocycles. The molecule has 0 saturated heterocycles. The number of nitrogens with zero attached hydrogens (tertiary/aromatic N) is 2. The standard InChI is InChI=1S/C26H28F3N7O4S/c27-26(28,29)22-13-21(35-32-18-37)5-6-23(22)34-24(38)16-36-10-2-4-20(15-36)25(39)31-8-11-41-12-9-33-40-17-19-3-1-7-30-14-19/h1-7,10,13-15,17-18,33,35H,8-9,11-12,16H2,(H,31,39)(H,32,37)(H,34,38). The number of carbonyl (C=O) groups excluding carboxylic acids is 3. The Morgan fingerprint density at radius 3 is 2.71 bits per heavy atom. The van der Waals surface area contributed by atoms with Crippen LogP contribution < -0.4 is 31.5 Å². The van der Waals surface area contributed by atoms with Crippen molar-refractivity contribution in [2.24, 2.45) is 0 Å². The normalized spacial score (nSPS) is 10.9. The maximum atomic E-state index is 13.5. The minimum atomic E-state index is -4.76. The highest BCUT2D eigenvalue weighted by Gasteiger charge is 2.34. The summed E-state index contributed by atoms with van der Waals surface area (Å²) in [5.74, 6) is 0.342. The maximum absolute atomic E-state index is 13.5. The van der Waals surface area contributed by atoms with E-state index < -0.39 is 23.3 Å². The van der Waals surface area contributed by atoms with E-state index >= 15 is 0 Å². The molecule has 0 radical (unpaired) electrons. The van der Waals surface area contributed by atoms with Crippen molar-refractivity contribution in [3.05, 3.63) is 90.5 Å². The van der Waals surface area contributed by atoms with E-state index in [9.17, 15) is 27.6 Å². The van der Waals surface area contributed by atoms with Crippen LogP contribution in [0, 0.1) is 6.61 Å². The number of carbonyl (C=O) groups is 3. The molecule has 0 aliphatic rings. The van der Waals surface area contributed by atoms with Crippen molar-refractivity contribution >= 4 is 41.4 Å². The van der Waals surface area contributed by atoms with Crippen molar-refractivity contribution in [2.45, 2.75) is 12.7 Å². The SMILES string of the molecule is O=CNNc1ccc(NC(=O)C[n+]2cccc(C(=O)NCCSCCNO[CH-]c3cccnc3)c2)c(C(F)(F)F)c1. The fourth-order valence-electron chi connectivity index (χ4n) is 3.36. The van der Waals surface area contributed by atoms with Gasteiger partial charge in [0.2, 0.25) is 13.0 Å². The van der Waals surface area contributed by atoms with E-state index in [1.165, 1.54) is 23.0 Å². The van der Waals surface area contributed by atoms with Crippen LogP contribution >= 0.6 is 11.8 Å². The predicted molar refractivity (Wildman–Crippen MR) is 146 cm³/mol. The number of benzene rings is 1. The first-order valence-electron chi connectivity index (χ1n) is 12.2. The molecule has 0 saturated carbocycles. The van der Waals surface area contributed by atoms with Crippen LogP contribution in [0.4, 0.5) is 24.5 Å². The van der Waals surface area contributed by atoms with Crippen LogP contribution in [0.25, 0.3) is 0 Å². The molecule has 0 spiro atoms. The molecule has 0 unspecified atom stereocenters. The third kappa shape index (κ3) is 11.0. The number of amides is 3. The topological polar surface area (TPSA) is 137 Å². The summed E-state index contributed by atoms with van der Waals surface area (Å²) in [7, 11) is 0. The number of hydrogen-bond donors (Lipinski definition) is 5. The number of halogens is 3. The highest BCUT2D eigenvalue weighted by Crippen LogP contribution is 2.36. The number of hydrazine groups is 1. The number of hydrogen-bond acceptors (Lipinski definition) is 8. The van der Waals surface area contributed by atoms with Gasteiger partial charge in [0.1, 0.15) is 5.56 Å². The second kappa shape index (κ2) is 16.1. The molecular formula is C26H28F3N7O4S. The zero-order valence-corrected chi connectivity index (χ0v) is 22.4. The summed E-state index contributed by atoms with van der Waals surface area (Å²) in [6, 6.07) is 9.90. The molecule has 218 valence electrons. The van der Waals surface area contributed by atoms with Crippen molar-refractivity contribution < 1.29 is 37.0 Å². The van der Waals surface area contributed by atoms with Gasteiger partial charge in [0, 0.05) is 30.7 Å². The Labute approximate surface area is 238 Å². The Bertz CT molecular complexity index is 1300. The zero-order chi connectivity index (χ0) is 29.5. The Hall–Kier alpha value is -4.34. The highest BCUT2D eigenvalue weighted by molar-refractivity contribution is 7.99. The molecule has 11 nitrogen and oxygen atoms in total. The van der Waals surface area contributed by atoms with Gasteiger partial charge in [0.15, 0.2) is 12.4 Å². The summed E-state index contributed by atoms with van der Waals surface area (Å²) in [5, 5.41) is 5.04. The number of hydroxylamine groups is 1. The molecular weight excluding hydrogens is 563 g/mol. The summed E-state index contributed by atoms with van der Waals surface area (Å²) in [6.45, 7) is 2.24. The number of alkyl halides is 3. The Balaban J connectivity index is 1.41. The lowest BCUT2D eigenvalue weighted by molar-refractivity contribution is -0.684. The number of rotatable bonds is 16. The Morgan fingerprint density at radius 1 is 1.12 bits per heavy atom. The molecule has 0 atom stereocenters. The Kier molecular flexibility index (Phi) is 12.2. The van der Waals surface area contributed by atoms with Crippen LogP contribution in [0.5, 0.6) is 0 Å². The number of thioether (sulfide) groups is 1. The molecule has 3 aromatic rings. The van der Waals surface area contributed by atoms with Crippen molar-refractivity contribution in [1.29, 1.82) is 0 Å². The van der Waals surface area contributed by atoms with E-state index in [0.717, 1.165) is 23.4 Å². The quantitative estimate of drug-likeness (QED) is 0.0563. The van der Waals surface area contributed by atoms with Crippen LogP contribution in [0.3, 0.4) is 0 Å². The van der Waals surface area contributed by atoms with Crippen LogP contribution in [0.15, 0.2) is 67.3 Å². The van der Waals surface area contributed by atoms with Crippen molar-refractivity contribution in [3.63, 3.8) is 0 Å². The highest BCUT2D eigenvalue weighted by atomic mass is 32.2. The number of aromatic nitrogens is 2. The second-order valence-corrected chi connectivity index (χ2v) is 9.47. The first kappa shape index (κ1) is 31.2. The van der Waals surface area contributed by atoms with Gasteiger partial charge in [-0.05, 0) is 37.1 Å². The maximum Gasteiger partial charge on any atom is 0.418 e. The number of pyridine rings is 2. The van der Waals surface area contributed by atoms with E-state index in [2.05, 4.69) is 31.9 Å². The van der Waals surface area contributed by atoms with Gasteiger partial charge >= 0.3 is 6.18 Å². The third-order valence-corrected chi connectivity index (χ3v) is 6.15. The van der Waals surface area contributed by atoms with Gasteiger partial charge in [0.25, 0.3) is 11.8 Å². The van der Waals surface area contributed by atoms with E-state index in [0.29, 0.717) is 24.4 Å². The molecule has 41 heavy (non-hydrogen) atoms. The zero-order valence-electron chi connectivity index (χ0n) is 21.6. The minimum Gasteiger partial charge on any atom is -0.351 e. The van der Waals surface area contributed by atoms with Gasteiger partial charge in [-0.25, -0.2) is 5.48 Å². The molecule has 2 aromatic heterocycles. The Morgan fingerprint density at radius 2 is 1.95 bits per heavy atom. The molecule has 5 N–H and O–H groups in total. The predicted octanol–water partition coefficient (Wildman–Crippen LogP) is 2.29. The largest absolute Gasteiger partial charge is 0.418 e. The van der Waals surface area contributed by atoms with Gasteiger partial charge in [-0.1, -0.05) is 6.20 Å². The average Bonchev–Trinajstić information content (AvgIpc) is 2.95. The summed E-state index contributed by atoms with van der Waals surface area (Å²) in [6.07, 6.45) is 1.82. The number of anilines is 2. The fourth-order valence-corrected chi connectivity index (χ4v) is 4.04. The van der Waals surface area contributed by atoms with Crippen LogP contribution in [0.1, 0.15) is 21.5 Å². The third-order valence-electron chi connectivity index (χ3n) is 5.16. The lowest BCUT2D eigenvalue weighted by Crippen LogP contribution is -2.41. The van der Waals surface area contributed by atoms with Crippen molar-refractivity contribution in [1.82, 2.24) is 21.2 Å². The van der Waals surface area contributed by atoms with E-state index in [1.54, 1.807) is 49.0 Å².